The van der Waals surface area contributed by atoms with E-state index < -0.39 is 0 Å². The minimum Gasteiger partial charge on any atom is -0.507 e. The summed E-state index contributed by atoms with van der Waals surface area (Å²) >= 11 is 0. The van der Waals surface area contributed by atoms with E-state index >= 15 is 0 Å². The molecule has 0 amide bonds. The molecule has 0 aromatic heterocycles. The summed E-state index contributed by atoms with van der Waals surface area (Å²) in [5.41, 5.74) is 1.44. The highest BCUT2D eigenvalue weighted by Gasteiger charge is 2.00. The van der Waals surface area contributed by atoms with Crippen molar-refractivity contribution in [1.82, 2.24) is 0 Å². The van der Waals surface area contributed by atoms with E-state index in [0.717, 1.165) is 11.1 Å². The van der Waals surface area contributed by atoms with Crippen molar-refractivity contribution in [2.75, 3.05) is 7.05 Å². The molecule has 0 bridgehead atoms. The van der Waals surface area contributed by atoms with E-state index in [-0.39, 0.29) is 5.75 Å². The van der Waals surface area contributed by atoms with Crippen LogP contribution in [-0.4, -0.2) is 18.4 Å². The van der Waals surface area contributed by atoms with E-state index in [1.165, 1.54) is 0 Å². The number of phenols is 1. The van der Waals surface area contributed by atoms with Crippen molar-refractivity contribution in [2.24, 2.45) is 4.99 Å². The maximum Gasteiger partial charge on any atom is 0.123 e. The van der Waals surface area contributed by atoms with Gasteiger partial charge in [-0.3, -0.25) is 4.99 Å². The summed E-state index contributed by atoms with van der Waals surface area (Å²) in [6.07, 6.45) is 1.62. The van der Waals surface area contributed by atoms with Crippen molar-refractivity contribution in [3.8, 4) is 5.75 Å². The predicted molar refractivity (Wildman–Crippen MR) is 51.6 cm³/mol. The van der Waals surface area contributed by atoms with Gasteiger partial charge in [-0.05, 0) is 11.6 Å². The third kappa shape index (κ3) is 1.72. The first-order valence-corrected chi connectivity index (χ1v) is 3.65. The molecule has 2 nitrogen and oxygen atoms in total. The summed E-state index contributed by atoms with van der Waals surface area (Å²) < 4.78 is 0. The number of nitrogens with zero attached hydrogens (tertiary/aromatic N) is 1. The second-order valence-corrected chi connectivity index (χ2v) is 2.43. The molecule has 0 fully saturated rings. The Morgan fingerprint density at radius 3 is 2.75 bits per heavy atom. The van der Waals surface area contributed by atoms with Gasteiger partial charge in [-0.25, -0.2) is 0 Å². The van der Waals surface area contributed by atoms with Gasteiger partial charge in [0, 0.05) is 18.8 Å². The van der Waals surface area contributed by atoms with Crippen LogP contribution < -0.4 is 0 Å². The van der Waals surface area contributed by atoms with Crippen molar-refractivity contribution >= 4 is 11.8 Å². The molecule has 2 heteroatoms. The van der Waals surface area contributed by atoms with Crippen LogP contribution in [0.2, 0.25) is 0 Å². The molecule has 1 rings (SSSR count). The summed E-state index contributed by atoms with van der Waals surface area (Å²) in [4.78, 5) is 3.82. The first-order chi connectivity index (χ1) is 5.75. The number of aromatic hydroxyl groups is 1. The largest absolute Gasteiger partial charge is 0.507 e. The number of rotatable bonds is 2. The van der Waals surface area contributed by atoms with Crippen molar-refractivity contribution in [2.45, 2.75) is 0 Å². The van der Waals surface area contributed by atoms with Gasteiger partial charge in [-0.1, -0.05) is 24.8 Å². The van der Waals surface area contributed by atoms with E-state index in [4.69, 9.17) is 0 Å². The highest BCUT2D eigenvalue weighted by atomic mass is 16.3. The van der Waals surface area contributed by atoms with Crippen LogP contribution in [-0.2, 0) is 0 Å². The Morgan fingerprint density at radius 2 is 2.17 bits per heavy atom. The van der Waals surface area contributed by atoms with Crippen LogP contribution in [0, 0.1) is 0 Å². The lowest BCUT2D eigenvalue weighted by molar-refractivity contribution is 0.474. The third-order valence-corrected chi connectivity index (χ3v) is 1.53. The minimum atomic E-state index is 0.238. The van der Waals surface area contributed by atoms with Crippen LogP contribution in [0.4, 0.5) is 0 Å². The number of benzene rings is 1. The smallest absolute Gasteiger partial charge is 0.123 e. The summed E-state index contributed by atoms with van der Waals surface area (Å²) in [7, 11) is 1.67. The molecule has 1 aromatic carbocycles. The lowest BCUT2D eigenvalue weighted by Gasteiger charge is -2.01. The molecule has 0 heterocycles. The Hall–Kier alpha value is -1.57. The number of hydrogen-bond acceptors (Lipinski definition) is 2. The highest BCUT2D eigenvalue weighted by Crippen LogP contribution is 2.21. The first kappa shape index (κ1) is 8.53. The Morgan fingerprint density at radius 1 is 1.50 bits per heavy atom. The van der Waals surface area contributed by atoms with Crippen LogP contribution in [0.5, 0.6) is 5.75 Å². The van der Waals surface area contributed by atoms with Gasteiger partial charge in [0.1, 0.15) is 5.75 Å². The van der Waals surface area contributed by atoms with Gasteiger partial charge in [0.25, 0.3) is 0 Å². The van der Waals surface area contributed by atoms with E-state index in [1.807, 2.05) is 6.07 Å². The molecule has 62 valence electrons. The molecule has 0 spiro atoms. The Kier molecular flexibility index (Phi) is 2.64. The van der Waals surface area contributed by atoms with Crippen LogP contribution in [0.25, 0.3) is 5.57 Å². The summed E-state index contributed by atoms with van der Waals surface area (Å²) in [5.74, 6) is 0.238. The van der Waals surface area contributed by atoms with Crippen molar-refractivity contribution in [1.29, 1.82) is 0 Å². The van der Waals surface area contributed by atoms with Crippen LogP contribution >= 0.6 is 0 Å². The quantitative estimate of drug-likeness (QED) is 0.662. The summed E-state index contributed by atoms with van der Waals surface area (Å²) in [6.45, 7) is 3.77. The maximum atomic E-state index is 9.39. The SMILES string of the molecule is C=C(/C=N\C)c1ccccc1O. The van der Waals surface area contributed by atoms with Crippen LogP contribution in [0.3, 0.4) is 0 Å². The molecule has 12 heavy (non-hydrogen) atoms. The topological polar surface area (TPSA) is 32.6 Å². The van der Waals surface area contributed by atoms with Gasteiger partial charge < -0.3 is 5.11 Å². The molecule has 0 atom stereocenters. The molecule has 1 aromatic rings. The lowest BCUT2D eigenvalue weighted by Crippen LogP contribution is -1.83. The number of hydrogen-bond donors (Lipinski definition) is 1. The summed E-state index contributed by atoms with van der Waals surface area (Å²) in [6, 6.07) is 7.06. The fraction of sp³-hybridized carbons (Fsp3) is 0.100. The monoisotopic (exact) mass is 161 g/mol. The van der Waals surface area contributed by atoms with E-state index in [2.05, 4.69) is 11.6 Å². The maximum absolute atomic E-state index is 9.39. The van der Waals surface area contributed by atoms with Crippen molar-refractivity contribution < 1.29 is 5.11 Å². The second kappa shape index (κ2) is 3.72. The Labute approximate surface area is 71.9 Å². The van der Waals surface area contributed by atoms with Gasteiger partial charge in [-0.15, -0.1) is 0 Å². The molecule has 0 radical (unpaired) electrons. The minimum absolute atomic E-state index is 0.238. The molecular formula is C10H11NO. The number of aliphatic imine (C=N–C) groups is 1. The molecular weight excluding hydrogens is 150 g/mol. The average Bonchev–Trinajstić information content (AvgIpc) is 2.05. The third-order valence-electron chi connectivity index (χ3n) is 1.53. The first-order valence-electron chi connectivity index (χ1n) is 3.65. The average molecular weight is 161 g/mol. The fourth-order valence-electron chi connectivity index (χ4n) is 0.971. The standard InChI is InChI=1S/C10H11NO/c1-8(7-11-2)9-5-3-4-6-10(9)12/h3-7,12H,1H2,2H3/b11-7-. The zero-order chi connectivity index (χ0) is 8.97. The number of para-hydroxylation sites is 1. The Bertz CT molecular complexity index is 315. The van der Waals surface area contributed by atoms with Gasteiger partial charge in [-0.2, -0.15) is 0 Å². The number of phenolic OH excluding ortho intramolecular Hbond substituents is 1. The molecule has 0 aliphatic rings. The van der Waals surface area contributed by atoms with Gasteiger partial charge >= 0.3 is 0 Å². The van der Waals surface area contributed by atoms with Gasteiger partial charge in [0.15, 0.2) is 0 Å². The van der Waals surface area contributed by atoms with Gasteiger partial charge in [0.2, 0.25) is 0 Å². The molecule has 0 aliphatic heterocycles. The van der Waals surface area contributed by atoms with Gasteiger partial charge in [0.05, 0.1) is 0 Å². The van der Waals surface area contributed by atoms with E-state index in [9.17, 15) is 5.11 Å². The molecule has 0 aliphatic carbocycles. The van der Waals surface area contributed by atoms with E-state index in [0.29, 0.717) is 0 Å². The normalized spacial score (nSPS) is 10.4. The fourth-order valence-corrected chi connectivity index (χ4v) is 0.971. The molecule has 0 saturated heterocycles. The zero-order valence-corrected chi connectivity index (χ0v) is 6.99. The predicted octanol–water partition coefficient (Wildman–Crippen LogP) is 2.11. The van der Waals surface area contributed by atoms with E-state index in [1.54, 1.807) is 31.5 Å². The van der Waals surface area contributed by atoms with Crippen LogP contribution in [0.15, 0.2) is 35.8 Å². The van der Waals surface area contributed by atoms with Crippen molar-refractivity contribution in [3.05, 3.63) is 36.4 Å². The lowest BCUT2D eigenvalue weighted by atomic mass is 10.1. The molecule has 0 unspecified atom stereocenters. The zero-order valence-electron chi connectivity index (χ0n) is 6.99. The summed E-state index contributed by atoms with van der Waals surface area (Å²) in [5, 5.41) is 9.39. The second-order valence-electron chi connectivity index (χ2n) is 2.43. The molecule has 1 N–H and O–H groups in total. The van der Waals surface area contributed by atoms with Crippen molar-refractivity contribution in [3.63, 3.8) is 0 Å². The molecule has 0 saturated carbocycles. The Balaban J connectivity index is 3.03. The van der Waals surface area contributed by atoms with Crippen LogP contribution in [0.1, 0.15) is 5.56 Å². The number of allylic oxidation sites excluding steroid dienone is 1. The highest BCUT2D eigenvalue weighted by molar-refractivity contribution is 6.09.